The smallest absolute Gasteiger partial charge is 0.410 e. The van der Waals surface area contributed by atoms with Gasteiger partial charge in [-0.1, -0.05) is 26.2 Å². The van der Waals surface area contributed by atoms with Gasteiger partial charge in [0.25, 0.3) is 0 Å². The molecule has 0 radical (unpaired) electrons. The van der Waals surface area contributed by atoms with Gasteiger partial charge in [0.15, 0.2) is 16.0 Å². The van der Waals surface area contributed by atoms with Gasteiger partial charge in [-0.2, -0.15) is 0 Å². The summed E-state index contributed by atoms with van der Waals surface area (Å²) in [6.07, 6.45) is 7.36. The second-order valence-corrected chi connectivity index (χ2v) is 20.9. The molecular formula is C46H93B2N7O9. The lowest BCUT2D eigenvalue weighted by molar-refractivity contribution is -0.120. The topological polar surface area (TPSA) is 171 Å². The highest BCUT2D eigenvalue weighted by atomic mass is 16.6. The Kier molecular flexibility index (Phi) is 29.8. The number of hydrogen-bond acceptors (Lipinski definition) is 11. The second-order valence-electron chi connectivity index (χ2n) is 20.9. The number of nitrogens with zero attached hydrogens (tertiary/aromatic N) is 4. The number of unbranched alkanes of at least 4 members (excludes halogenated alkanes) is 5. The number of ether oxygens (including phenoxy) is 4. The molecule has 16 nitrogen and oxygen atoms in total. The third-order valence-electron chi connectivity index (χ3n) is 9.67. The van der Waals surface area contributed by atoms with Gasteiger partial charge in [0.1, 0.15) is 22.4 Å². The van der Waals surface area contributed by atoms with Crippen LogP contribution >= 0.6 is 0 Å². The Hall–Kier alpha value is -3.40. The number of amides is 5. The van der Waals surface area contributed by atoms with Crippen molar-refractivity contribution >= 4 is 46.2 Å². The van der Waals surface area contributed by atoms with E-state index < -0.39 is 34.6 Å². The van der Waals surface area contributed by atoms with Crippen LogP contribution in [-0.4, -0.2) is 160 Å². The summed E-state index contributed by atoms with van der Waals surface area (Å²) >= 11 is 0. The minimum Gasteiger partial charge on any atom is -0.444 e. The third kappa shape index (κ3) is 33.1. The van der Waals surface area contributed by atoms with E-state index in [1.54, 1.807) is 19.6 Å². The molecule has 0 aliphatic rings. The molecule has 0 saturated heterocycles. The molecule has 372 valence electrons. The van der Waals surface area contributed by atoms with Gasteiger partial charge in [-0.05, 0) is 153 Å². The van der Waals surface area contributed by atoms with Crippen molar-refractivity contribution in [1.82, 2.24) is 35.4 Å². The quantitative estimate of drug-likeness (QED) is 0.0401. The zero-order chi connectivity index (χ0) is 49.0. The molecule has 0 spiro atoms. The molecule has 0 atom stereocenters. The van der Waals surface area contributed by atoms with Crippen LogP contribution < -0.4 is 15.8 Å². The lowest BCUT2D eigenvalue weighted by Gasteiger charge is -2.34. The first-order valence-electron chi connectivity index (χ1n) is 24.2. The number of carbonyl (C=O) groups excluding carboxylic acids is 5. The van der Waals surface area contributed by atoms with Gasteiger partial charge in [0, 0.05) is 65.3 Å². The summed E-state index contributed by atoms with van der Waals surface area (Å²) in [4.78, 5) is 72.9. The molecule has 0 heterocycles. The largest absolute Gasteiger partial charge is 0.444 e. The van der Waals surface area contributed by atoms with Gasteiger partial charge >= 0.3 is 24.4 Å². The van der Waals surface area contributed by atoms with Crippen LogP contribution in [0.5, 0.6) is 0 Å². The average molecular weight is 910 g/mol. The Labute approximate surface area is 390 Å². The first-order chi connectivity index (χ1) is 29.7. The molecule has 5 amide bonds. The highest BCUT2D eigenvalue weighted by Gasteiger charge is 2.30. The van der Waals surface area contributed by atoms with Gasteiger partial charge in [-0.25, -0.2) is 19.2 Å². The van der Waals surface area contributed by atoms with Crippen molar-refractivity contribution in [2.45, 2.75) is 189 Å². The van der Waals surface area contributed by atoms with Gasteiger partial charge < -0.3 is 54.3 Å². The van der Waals surface area contributed by atoms with Crippen LogP contribution in [0, 0.1) is 5.92 Å². The fourth-order valence-electron chi connectivity index (χ4n) is 6.64. The summed E-state index contributed by atoms with van der Waals surface area (Å²) in [5.74, 6) is -0.0679. The van der Waals surface area contributed by atoms with Crippen LogP contribution in [0.25, 0.3) is 0 Å². The zero-order valence-corrected chi connectivity index (χ0v) is 43.3. The van der Waals surface area contributed by atoms with Crippen LogP contribution in [0.4, 0.5) is 19.2 Å². The Bertz CT molecular complexity index is 1250. The van der Waals surface area contributed by atoms with Crippen molar-refractivity contribution < 1.29 is 42.9 Å². The lowest BCUT2D eigenvalue weighted by Crippen LogP contribution is -2.45. The normalized spacial score (nSPS) is 12.1. The predicted octanol–water partition coefficient (Wildman–Crippen LogP) is 6.64. The van der Waals surface area contributed by atoms with E-state index in [2.05, 4.69) is 15.8 Å². The Morgan fingerprint density at radius 3 is 1.08 bits per heavy atom. The van der Waals surface area contributed by atoms with E-state index in [0.29, 0.717) is 91.0 Å². The number of hydrogen-bond donors (Lipinski definition) is 3. The third-order valence-corrected chi connectivity index (χ3v) is 9.67. The zero-order valence-electron chi connectivity index (χ0n) is 43.3. The maximum absolute atomic E-state index is 13.9. The monoisotopic (exact) mass is 910 g/mol. The summed E-state index contributed by atoms with van der Waals surface area (Å²) in [6.45, 7) is 29.8. The predicted molar refractivity (Wildman–Crippen MR) is 262 cm³/mol. The number of nitrogens with one attached hydrogen (secondary N) is 3. The Balaban J connectivity index is 6.45. The van der Waals surface area contributed by atoms with Crippen LogP contribution in [0.2, 0.25) is 0 Å². The molecule has 0 aliphatic heterocycles. The molecule has 0 bridgehead atoms. The molecule has 0 aliphatic carbocycles. The molecule has 0 unspecified atom stereocenters. The van der Waals surface area contributed by atoms with E-state index in [0.717, 1.165) is 58.0 Å². The second kappa shape index (κ2) is 31.5. The van der Waals surface area contributed by atoms with Crippen molar-refractivity contribution in [2.24, 2.45) is 5.92 Å². The molecule has 64 heavy (non-hydrogen) atoms. The van der Waals surface area contributed by atoms with Crippen molar-refractivity contribution in [2.75, 3.05) is 72.0 Å². The first-order valence-corrected chi connectivity index (χ1v) is 24.2. The van der Waals surface area contributed by atoms with Crippen LogP contribution in [0.3, 0.4) is 0 Å². The summed E-state index contributed by atoms with van der Waals surface area (Å²) in [7, 11) is 3.77. The van der Waals surface area contributed by atoms with E-state index in [1.807, 2.05) is 106 Å². The minimum atomic E-state index is -0.721. The highest BCUT2D eigenvalue weighted by Crippen LogP contribution is 2.21. The molecule has 0 saturated carbocycles. The molecule has 0 aromatic carbocycles. The van der Waals surface area contributed by atoms with E-state index >= 15 is 0 Å². The summed E-state index contributed by atoms with van der Waals surface area (Å²) in [6, 6.07) is 0. The average Bonchev–Trinajstić information content (AvgIpc) is 3.15. The summed E-state index contributed by atoms with van der Waals surface area (Å²) < 4.78 is 23.3. The van der Waals surface area contributed by atoms with E-state index in [4.69, 9.17) is 18.9 Å². The van der Waals surface area contributed by atoms with Crippen molar-refractivity contribution in [3.63, 3.8) is 0 Å². The van der Waals surface area contributed by atoms with Crippen LogP contribution in [-0.2, 0) is 23.7 Å². The van der Waals surface area contributed by atoms with Gasteiger partial charge in [0.2, 0.25) is 5.91 Å². The van der Waals surface area contributed by atoms with Crippen molar-refractivity contribution in [1.29, 1.82) is 0 Å². The van der Waals surface area contributed by atoms with E-state index in [1.165, 1.54) is 0 Å². The molecule has 0 aromatic heterocycles. The van der Waals surface area contributed by atoms with Crippen LogP contribution in [0.1, 0.15) is 167 Å². The molecule has 3 N–H and O–H groups in total. The molecule has 18 heteroatoms. The van der Waals surface area contributed by atoms with E-state index in [9.17, 15) is 24.0 Å². The Morgan fingerprint density at radius 2 is 0.750 bits per heavy atom. The SMILES string of the molecule is BNCCCN(CCCCN(CC(CCCCCCNC(=O)CC)CN(CCCCN(CCCNB)C(=O)OC(C)(C)C)C(=O)OC(C)(C)C)C(=O)OC(C)(C)C)C(=O)OC(C)(C)C. The lowest BCUT2D eigenvalue weighted by atomic mass is 9.98. The molecular weight excluding hydrogens is 816 g/mol. The summed E-state index contributed by atoms with van der Waals surface area (Å²) in [5, 5.41) is 9.22. The molecule has 0 aromatic rings. The van der Waals surface area contributed by atoms with Gasteiger partial charge in [-0.15, -0.1) is 0 Å². The first kappa shape index (κ1) is 60.6. The van der Waals surface area contributed by atoms with Crippen molar-refractivity contribution in [3.05, 3.63) is 0 Å². The van der Waals surface area contributed by atoms with Crippen LogP contribution in [0.15, 0.2) is 0 Å². The highest BCUT2D eigenvalue weighted by molar-refractivity contribution is 6.04. The fourth-order valence-corrected chi connectivity index (χ4v) is 6.64. The van der Waals surface area contributed by atoms with Gasteiger partial charge in [0.05, 0.1) is 0 Å². The number of rotatable bonds is 30. The Morgan fingerprint density at radius 1 is 0.438 bits per heavy atom. The van der Waals surface area contributed by atoms with Gasteiger partial charge in [-0.3, -0.25) is 4.79 Å². The minimum absolute atomic E-state index is 0.0437. The van der Waals surface area contributed by atoms with E-state index in [-0.39, 0.29) is 24.0 Å². The van der Waals surface area contributed by atoms with Crippen molar-refractivity contribution in [3.8, 4) is 0 Å². The number of carbonyl (C=O) groups is 5. The fraction of sp³-hybridized carbons (Fsp3) is 0.891. The standard InChI is InChI=1S/C46H93B2N7O9/c1-14-38(56)49-26-18-16-15-17-25-37(35-54(41(59)63-45(8,9)10)31-21-19-29-52(33-23-27-50-47)39(57)61-43(2,3)4)36-55(42(60)64-46(11,12)13)32-22-20-30-53(34-24-28-51-48)40(58)62-44(5,6)7/h37,50-51H,14-36,47-48H2,1-13H3,(H,49,56). The maximum Gasteiger partial charge on any atom is 0.410 e. The molecule has 0 fully saturated rings. The molecule has 0 rings (SSSR count). The summed E-state index contributed by atoms with van der Waals surface area (Å²) in [5.41, 5.74) is -2.68. The maximum atomic E-state index is 13.9.